The maximum absolute atomic E-state index is 13.3. The molecule has 0 radical (unpaired) electrons. The standard InChI is InChI=1S/C22H20F3N3O/c1-12-6-7-13(11-16(12)22(23,24)25)10-14-8-9-18(29)28-20-19(14)15-4-2-3-5-17(15)27-21(20)26/h2-7,11,14H,8-10H2,1H3,(H2,26,27)(H,28,29). The average Bonchev–Trinajstić information content (AvgIpc) is 2.82. The summed E-state index contributed by atoms with van der Waals surface area (Å²) >= 11 is 0. The third kappa shape index (κ3) is 3.64. The zero-order valence-corrected chi connectivity index (χ0v) is 15.8. The van der Waals surface area contributed by atoms with Crippen LogP contribution in [0.5, 0.6) is 0 Å². The van der Waals surface area contributed by atoms with Crippen LogP contribution in [0.15, 0.2) is 42.5 Å². The number of carbonyl (C=O) groups is 1. The number of anilines is 2. The van der Waals surface area contributed by atoms with E-state index in [1.165, 1.54) is 19.1 Å². The van der Waals surface area contributed by atoms with Gasteiger partial charge in [0, 0.05) is 11.8 Å². The summed E-state index contributed by atoms with van der Waals surface area (Å²) in [6.45, 7) is 1.45. The molecule has 3 N–H and O–H groups in total. The van der Waals surface area contributed by atoms with Gasteiger partial charge >= 0.3 is 6.18 Å². The van der Waals surface area contributed by atoms with Gasteiger partial charge in [0.1, 0.15) is 5.82 Å². The van der Waals surface area contributed by atoms with Crippen molar-refractivity contribution in [1.29, 1.82) is 0 Å². The minimum Gasteiger partial charge on any atom is -0.382 e. The molecule has 4 rings (SSSR count). The molecule has 150 valence electrons. The minimum absolute atomic E-state index is 0.164. The summed E-state index contributed by atoms with van der Waals surface area (Å²) in [7, 11) is 0. The topological polar surface area (TPSA) is 68.0 Å². The summed E-state index contributed by atoms with van der Waals surface area (Å²) in [5.41, 5.74) is 8.27. The number of hydrogen-bond acceptors (Lipinski definition) is 3. The van der Waals surface area contributed by atoms with Crippen molar-refractivity contribution in [3.05, 3.63) is 64.7 Å². The lowest BCUT2D eigenvalue weighted by Gasteiger charge is -2.21. The Balaban J connectivity index is 1.83. The summed E-state index contributed by atoms with van der Waals surface area (Å²) < 4.78 is 40.0. The number of pyridine rings is 1. The fourth-order valence-electron chi connectivity index (χ4n) is 4.05. The van der Waals surface area contributed by atoms with E-state index in [1.807, 2.05) is 24.3 Å². The lowest BCUT2D eigenvalue weighted by atomic mass is 9.85. The van der Waals surface area contributed by atoms with Gasteiger partial charge in [0.25, 0.3) is 0 Å². The number of nitrogens with one attached hydrogen (secondary N) is 1. The Hall–Kier alpha value is -3.09. The molecule has 1 aliphatic rings. The maximum atomic E-state index is 13.3. The predicted octanol–water partition coefficient (Wildman–Crippen LogP) is 5.20. The van der Waals surface area contributed by atoms with Gasteiger partial charge < -0.3 is 11.1 Å². The number of aryl methyl sites for hydroxylation is 1. The number of hydrogen-bond donors (Lipinski definition) is 2. The quantitative estimate of drug-likeness (QED) is 0.622. The van der Waals surface area contributed by atoms with Gasteiger partial charge in [-0.05, 0) is 54.5 Å². The summed E-state index contributed by atoms with van der Waals surface area (Å²) in [6, 6.07) is 11.9. The summed E-state index contributed by atoms with van der Waals surface area (Å²) in [6.07, 6.45) is -3.24. The Kier molecular flexibility index (Phi) is 4.68. The third-order valence-corrected chi connectivity index (χ3v) is 5.44. The van der Waals surface area contributed by atoms with Crippen molar-refractivity contribution in [3.8, 4) is 0 Å². The fraction of sp³-hybridized carbons (Fsp3) is 0.273. The van der Waals surface area contributed by atoms with E-state index in [0.717, 1.165) is 10.9 Å². The second-order valence-electron chi connectivity index (χ2n) is 7.44. The Bertz CT molecular complexity index is 1110. The molecule has 2 heterocycles. The Morgan fingerprint density at radius 2 is 1.97 bits per heavy atom. The SMILES string of the molecule is Cc1ccc(CC2CCC(=O)Nc3c(N)nc4ccccc4c32)cc1C(F)(F)F. The second kappa shape index (κ2) is 7.06. The highest BCUT2D eigenvalue weighted by molar-refractivity contribution is 6.01. The lowest BCUT2D eigenvalue weighted by molar-refractivity contribution is -0.138. The number of aromatic nitrogens is 1. The van der Waals surface area contributed by atoms with Crippen molar-refractivity contribution in [2.24, 2.45) is 0 Å². The van der Waals surface area contributed by atoms with E-state index < -0.39 is 11.7 Å². The van der Waals surface area contributed by atoms with Crippen LogP contribution in [0.1, 0.15) is 41.0 Å². The lowest BCUT2D eigenvalue weighted by Crippen LogP contribution is -2.12. The molecule has 0 fully saturated rings. The highest BCUT2D eigenvalue weighted by atomic mass is 19.4. The Morgan fingerprint density at radius 3 is 2.72 bits per heavy atom. The molecule has 0 saturated carbocycles. The Morgan fingerprint density at radius 1 is 1.21 bits per heavy atom. The molecule has 1 amide bonds. The smallest absolute Gasteiger partial charge is 0.382 e. The number of fused-ring (bicyclic) bond motifs is 3. The number of halogens is 3. The van der Waals surface area contributed by atoms with Gasteiger partial charge in [-0.2, -0.15) is 13.2 Å². The van der Waals surface area contributed by atoms with Crippen molar-refractivity contribution >= 4 is 28.3 Å². The number of nitrogen functional groups attached to an aromatic ring is 1. The molecule has 1 aliphatic heterocycles. The van der Waals surface area contributed by atoms with Gasteiger partial charge in [0.05, 0.1) is 16.8 Å². The fourth-order valence-corrected chi connectivity index (χ4v) is 4.05. The molecule has 0 bridgehead atoms. The molecule has 0 aliphatic carbocycles. The van der Waals surface area contributed by atoms with E-state index in [0.29, 0.717) is 29.6 Å². The number of carbonyl (C=O) groups excluding carboxylic acids is 1. The summed E-state index contributed by atoms with van der Waals surface area (Å²) in [5, 5.41) is 3.69. The van der Waals surface area contributed by atoms with Gasteiger partial charge in [0.2, 0.25) is 5.91 Å². The first-order valence-corrected chi connectivity index (χ1v) is 9.38. The molecule has 1 aromatic heterocycles. The van der Waals surface area contributed by atoms with Crippen molar-refractivity contribution in [3.63, 3.8) is 0 Å². The minimum atomic E-state index is -4.40. The highest BCUT2D eigenvalue weighted by Crippen LogP contribution is 2.41. The largest absolute Gasteiger partial charge is 0.416 e. The van der Waals surface area contributed by atoms with Gasteiger partial charge in [-0.15, -0.1) is 0 Å². The predicted molar refractivity (Wildman–Crippen MR) is 107 cm³/mol. The average molecular weight is 399 g/mol. The number of alkyl halides is 3. The number of rotatable bonds is 2. The van der Waals surface area contributed by atoms with Gasteiger partial charge in [-0.25, -0.2) is 4.98 Å². The summed E-state index contributed by atoms with van der Waals surface area (Å²) in [5.74, 6) is -0.112. The highest BCUT2D eigenvalue weighted by Gasteiger charge is 2.33. The van der Waals surface area contributed by atoms with E-state index >= 15 is 0 Å². The number of nitrogens with two attached hydrogens (primary N) is 1. The number of benzene rings is 2. The van der Waals surface area contributed by atoms with Crippen LogP contribution in [0, 0.1) is 6.92 Å². The second-order valence-corrected chi connectivity index (χ2v) is 7.44. The molecule has 0 spiro atoms. The number of amides is 1. The van der Waals surface area contributed by atoms with Crippen LogP contribution in [0.3, 0.4) is 0 Å². The van der Waals surface area contributed by atoms with Gasteiger partial charge in [-0.3, -0.25) is 4.79 Å². The first-order chi connectivity index (χ1) is 13.7. The monoisotopic (exact) mass is 399 g/mol. The molecule has 1 unspecified atom stereocenters. The van der Waals surface area contributed by atoms with Crippen LogP contribution in [0.4, 0.5) is 24.7 Å². The first-order valence-electron chi connectivity index (χ1n) is 9.38. The molecule has 4 nitrogen and oxygen atoms in total. The molecular formula is C22H20F3N3O. The van der Waals surface area contributed by atoms with Crippen molar-refractivity contribution in [2.75, 3.05) is 11.1 Å². The van der Waals surface area contributed by atoms with Gasteiger partial charge in [-0.1, -0.05) is 30.3 Å². The van der Waals surface area contributed by atoms with Crippen LogP contribution >= 0.6 is 0 Å². The van der Waals surface area contributed by atoms with E-state index in [2.05, 4.69) is 10.3 Å². The maximum Gasteiger partial charge on any atom is 0.416 e. The van der Waals surface area contributed by atoms with E-state index in [1.54, 1.807) is 6.07 Å². The molecule has 7 heteroatoms. The van der Waals surface area contributed by atoms with Crippen LogP contribution in [0.2, 0.25) is 0 Å². The first kappa shape index (κ1) is 19.2. The van der Waals surface area contributed by atoms with E-state index in [9.17, 15) is 18.0 Å². The normalized spacial score (nSPS) is 17.0. The van der Waals surface area contributed by atoms with E-state index in [-0.39, 0.29) is 29.6 Å². The van der Waals surface area contributed by atoms with Crippen LogP contribution in [-0.4, -0.2) is 10.9 Å². The van der Waals surface area contributed by atoms with E-state index in [4.69, 9.17) is 5.73 Å². The molecule has 29 heavy (non-hydrogen) atoms. The third-order valence-electron chi connectivity index (χ3n) is 5.44. The molecular weight excluding hydrogens is 379 g/mol. The zero-order chi connectivity index (χ0) is 20.8. The molecule has 1 atom stereocenters. The number of para-hydroxylation sites is 1. The van der Waals surface area contributed by atoms with Gasteiger partial charge in [0.15, 0.2) is 0 Å². The molecule has 2 aromatic carbocycles. The van der Waals surface area contributed by atoms with Crippen molar-refractivity contribution < 1.29 is 18.0 Å². The molecule has 3 aromatic rings. The van der Waals surface area contributed by atoms with Crippen molar-refractivity contribution in [1.82, 2.24) is 4.98 Å². The molecule has 0 saturated heterocycles. The van der Waals surface area contributed by atoms with Crippen LogP contribution in [0.25, 0.3) is 10.9 Å². The zero-order valence-electron chi connectivity index (χ0n) is 15.8. The summed E-state index contributed by atoms with van der Waals surface area (Å²) in [4.78, 5) is 16.6. The van der Waals surface area contributed by atoms with Crippen molar-refractivity contribution in [2.45, 2.75) is 38.3 Å². The van der Waals surface area contributed by atoms with Crippen LogP contribution < -0.4 is 11.1 Å². The van der Waals surface area contributed by atoms with Crippen LogP contribution in [-0.2, 0) is 17.4 Å². The Labute approximate surface area is 165 Å². The number of nitrogens with zero attached hydrogens (tertiary/aromatic N) is 1.